The normalized spacial score (nSPS) is 15.2. The molecule has 0 aromatic heterocycles. The summed E-state index contributed by atoms with van der Waals surface area (Å²) in [6, 6.07) is 7.81. The Hall–Kier alpha value is -0.770. The molecular weight excluding hydrogens is 319 g/mol. The SMILES string of the molecule is CCCCN(Cc1ccccc1Cl)C(=O)C1CCNCC1.Cl. The molecule has 1 aliphatic heterocycles. The van der Waals surface area contributed by atoms with Gasteiger partial charge in [0.05, 0.1) is 0 Å². The van der Waals surface area contributed by atoms with Crippen molar-refractivity contribution in [1.82, 2.24) is 10.2 Å². The molecular formula is C17H26Cl2N2O. The average Bonchev–Trinajstić information content (AvgIpc) is 2.53. The number of nitrogens with one attached hydrogen (secondary N) is 1. The minimum atomic E-state index is 0. The maximum Gasteiger partial charge on any atom is 0.226 e. The van der Waals surface area contributed by atoms with Gasteiger partial charge in [-0.05, 0) is 44.0 Å². The van der Waals surface area contributed by atoms with Crippen LogP contribution in [0, 0.1) is 5.92 Å². The van der Waals surface area contributed by atoms with Gasteiger partial charge in [-0.2, -0.15) is 0 Å². The molecule has 1 fully saturated rings. The molecule has 22 heavy (non-hydrogen) atoms. The van der Waals surface area contributed by atoms with Crippen LogP contribution in [0.25, 0.3) is 0 Å². The van der Waals surface area contributed by atoms with E-state index in [4.69, 9.17) is 11.6 Å². The number of halogens is 2. The Morgan fingerprint density at radius 2 is 2.00 bits per heavy atom. The van der Waals surface area contributed by atoms with E-state index in [9.17, 15) is 4.79 Å². The molecule has 3 nitrogen and oxygen atoms in total. The number of hydrogen-bond donors (Lipinski definition) is 1. The van der Waals surface area contributed by atoms with Crippen LogP contribution in [0.2, 0.25) is 5.02 Å². The van der Waals surface area contributed by atoms with Gasteiger partial charge in [0.1, 0.15) is 0 Å². The van der Waals surface area contributed by atoms with Crippen molar-refractivity contribution in [2.45, 2.75) is 39.2 Å². The lowest BCUT2D eigenvalue weighted by Crippen LogP contribution is -2.41. The summed E-state index contributed by atoms with van der Waals surface area (Å²) in [4.78, 5) is 14.8. The third-order valence-corrected chi connectivity index (χ3v) is 4.47. The van der Waals surface area contributed by atoms with E-state index in [1.807, 2.05) is 29.2 Å². The number of nitrogens with zero attached hydrogens (tertiary/aromatic N) is 1. The van der Waals surface area contributed by atoms with E-state index in [1.165, 1.54) is 0 Å². The lowest BCUT2D eigenvalue weighted by Gasteiger charge is -2.30. The largest absolute Gasteiger partial charge is 0.338 e. The van der Waals surface area contributed by atoms with E-state index in [1.54, 1.807) is 0 Å². The Bertz CT molecular complexity index is 462. The predicted molar refractivity (Wildman–Crippen MR) is 94.6 cm³/mol. The van der Waals surface area contributed by atoms with Crippen LogP contribution in [0.5, 0.6) is 0 Å². The third-order valence-electron chi connectivity index (χ3n) is 4.10. The van der Waals surface area contributed by atoms with E-state index < -0.39 is 0 Å². The topological polar surface area (TPSA) is 32.3 Å². The zero-order valence-electron chi connectivity index (χ0n) is 13.2. The van der Waals surface area contributed by atoms with Gasteiger partial charge in [-0.25, -0.2) is 0 Å². The van der Waals surface area contributed by atoms with Crippen molar-refractivity contribution in [3.8, 4) is 0 Å². The Kier molecular flexibility index (Phi) is 8.84. The van der Waals surface area contributed by atoms with Crippen molar-refractivity contribution in [3.05, 3.63) is 34.9 Å². The lowest BCUT2D eigenvalue weighted by atomic mass is 9.96. The van der Waals surface area contributed by atoms with Gasteiger partial charge in [-0.15, -0.1) is 12.4 Å². The molecule has 124 valence electrons. The summed E-state index contributed by atoms with van der Waals surface area (Å²) < 4.78 is 0. The number of amides is 1. The van der Waals surface area contributed by atoms with Crippen LogP contribution in [-0.2, 0) is 11.3 Å². The minimum Gasteiger partial charge on any atom is -0.338 e. The first-order chi connectivity index (χ1) is 10.2. The fraction of sp³-hybridized carbons (Fsp3) is 0.588. The molecule has 0 aliphatic carbocycles. The highest BCUT2D eigenvalue weighted by Gasteiger charge is 2.25. The standard InChI is InChI=1S/C17H25ClN2O.ClH/c1-2-3-12-20(13-15-6-4-5-7-16(15)18)17(21)14-8-10-19-11-9-14;/h4-7,14,19H,2-3,8-13H2,1H3;1H. The Morgan fingerprint density at radius 3 is 2.64 bits per heavy atom. The number of hydrogen-bond acceptors (Lipinski definition) is 2. The quantitative estimate of drug-likeness (QED) is 0.848. The summed E-state index contributed by atoms with van der Waals surface area (Å²) in [5.41, 5.74) is 1.04. The summed E-state index contributed by atoms with van der Waals surface area (Å²) >= 11 is 6.24. The number of carbonyl (C=O) groups is 1. The smallest absolute Gasteiger partial charge is 0.226 e. The van der Waals surface area contributed by atoms with Gasteiger partial charge in [-0.3, -0.25) is 4.79 Å². The summed E-state index contributed by atoms with van der Waals surface area (Å²) in [6.45, 7) is 5.50. The zero-order chi connectivity index (χ0) is 15.1. The van der Waals surface area contributed by atoms with Crippen LogP contribution < -0.4 is 5.32 Å². The van der Waals surface area contributed by atoms with E-state index in [-0.39, 0.29) is 18.3 Å². The van der Waals surface area contributed by atoms with Gasteiger partial charge in [0.25, 0.3) is 0 Å². The first-order valence-corrected chi connectivity index (χ1v) is 8.33. The van der Waals surface area contributed by atoms with Crippen LogP contribution >= 0.6 is 24.0 Å². The van der Waals surface area contributed by atoms with Crippen LogP contribution in [0.1, 0.15) is 38.2 Å². The molecule has 0 atom stereocenters. The highest BCUT2D eigenvalue weighted by molar-refractivity contribution is 6.31. The monoisotopic (exact) mass is 344 g/mol. The maximum atomic E-state index is 12.8. The van der Waals surface area contributed by atoms with Crippen molar-refractivity contribution in [1.29, 1.82) is 0 Å². The molecule has 0 bridgehead atoms. The van der Waals surface area contributed by atoms with Crippen LogP contribution in [0.15, 0.2) is 24.3 Å². The number of piperidine rings is 1. The van der Waals surface area contributed by atoms with Gasteiger partial charge >= 0.3 is 0 Å². The van der Waals surface area contributed by atoms with E-state index in [0.717, 1.165) is 55.9 Å². The number of rotatable bonds is 6. The molecule has 2 rings (SSSR count). The molecule has 1 saturated heterocycles. The highest BCUT2D eigenvalue weighted by Crippen LogP contribution is 2.21. The van der Waals surface area contributed by atoms with Gasteiger partial charge in [-0.1, -0.05) is 43.1 Å². The third kappa shape index (κ3) is 5.45. The Labute approximate surface area is 144 Å². The molecule has 5 heteroatoms. The summed E-state index contributed by atoms with van der Waals surface area (Å²) in [6.07, 6.45) is 4.04. The van der Waals surface area contributed by atoms with Crippen LogP contribution in [-0.4, -0.2) is 30.4 Å². The summed E-state index contributed by atoms with van der Waals surface area (Å²) in [5.74, 6) is 0.468. The van der Waals surface area contributed by atoms with Gasteiger partial charge < -0.3 is 10.2 Å². The molecule has 1 aliphatic rings. The first-order valence-electron chi connectivity index (χ1n) is 7.95. The van der Waals surface area contributed by atoms with Gasteiger partial charge in [0.2, 0.25) is 5.91 Å². The lowest BCUT2D eigenvalue weighted by molar-refractivity contribution is -0.137. The minimum absolute atomic E-state index is 0. The molecule has 0 spiro atoms. The maximum absolute atomic E-state index is 12.8. The molecule has 1 N–H and O–H groups in total. The number of benzene rings is 1. The number of unbranched alkanes of at least 4 members (excludes halogenated alkanes) is 1. The molecule has 1 amide bonds. The molecule has 0 unspecified atom stereocenters. The molecule has 1 aromatic rings. The van der Waals surface area contributed by atoms with E-state index in [2.05, 4.69) is 12.2 Å². The number of carbonyl (C=O) groups excluding carboxylic acids is 1. The van der Waals surface area contributed by atoms with Crippen molar-refractivity contribution < 1.29 is 4.79 Å². The summed E-state index contributed by atoms with van der Waals surface area (Å²) in [5, 5.41) is 4.07. The second-order valence-electron chi connectivity index (χ2n) is 5.73. The summed E-state index contributed by atoms with van der Waals surface area (Å²) in [7, 11) is 0. The van der Waals surface area contributed by atoms with Gasteiger partial charge in [0, 0.05) is 24.0 Å². The zero-order valence-corrected chi connectivity index (χ0v) is 14.8. The van der Waals surface area contributed by atoms with E-state index >= 15 is 0 Å². The average molecular weight is 345 g/mol. The first kappa shape index (κ1) is 19.3. The Morgan fingerprint density at radius 1 is 1.32 bits per heavy atom. The second kappa shape index (κ2) is 10.1. The fourth-order valence-corrected chi connectivity index (χ4v) is 2.97. The van der Waals surface area contributed by atoms with Gasteiger partial charge in [0.15, 0.2) is 0 Å². The predicted octanol–water partition coefficient (Wildman–Crippen LogP) is 3.89. The molecule has 1 heterocycles. The Balaban J connectivity index is 0.00000242. The molecule has 0 saturated carbocycles. The fourth-order valence-electron chi connectivity index (χ4n) is 2.78. The van der Waals surface area contributed by atoms with E-state index in [0.29, 0.717) is 12.5 Å². The van der Waals surface area contributed by atoms with Crippen LogP contribution in [0.4, 0.5) is 0 Å². The molecule has 1 aromatic carbocycles. The van der Waals surface area contributed by atoms with Crippen molar-refractivity contribution in [3.63, 3.8) is 0 Å². The second-order valence-corrected chi connectivity index (χ2v) is 6.14. The van der Waals surface area contributed by atoms with Crippen LogP contribution in [0.3, 0.4) is 0 Å². The highest BCUT2D eigenvalue weighted by atomic mass is 35.5. The van der Waals surface area contributed by atoms with Crippen molar-refractivity contribution in [2.24, 2.45) is 5.92 Å². The van der Waals surface area contributed by atoms with Crippen molar-refractivity contribution >= 4 is 29.9 Å². The van der Waals surface area contributed by atoms with Crippen molar-refractivity contribution in [2.75, 3.05) is 19.6 Å². The molecule has 0 radical (unpaired) electrons.